The van der Waals surface area contributed by atoms with Crippen molar-refractivity contribution in [2.45, 2.75) is 26.5 Å². The summed E-state index contributed by atoms with van der Waals surface area (Å²) in [7, 11) is 1.62. The Morgan fingerprint density at radius 1 is 1.17 bits per heavy atom. The SMILES string of the molecule is COc1ccc(CNC(=O)[C@@H](C)Oc2ccc(Cl)c(C)c2)cc1. The maximum atomic E-state index is 12.1. The Morgan fingerprint density at radius 3 is 2.43 bits per heavy atom. The molecule has 1 amide bonds. The summed E-state index contributed by atoms with van der Waals surface area (Å²) in [5.74, 6) is 1.24. The molecular formula is C18H20ClNO3. The van der Waals surface area contributed by atoms with Gasteiger partial charge in [-0.2, -0.15) is 0 Å². The van der Waals surface area contributed by atoms with E-state index in [0.29, 0.717) is 17.3 Å². The van der Waals surface area contributed by atoms with Crippen LogP contribution in [0.1, 0.15) is 18.1 Å². The molecule has 1 N–H and O–H groups in total. The van der Waals surface area contributed by atoms with Crippen LogP contribution in [0.15, 0.2) is 42.5 Å². The molecule has 0 spiro atoms. The first-order chi connectivity index (χ1) is 11.0. The summed E-state index contributed by atoms with van der Waals surface area (Å²) >= 11 is 5.98. The van der Waals surface area contributed by atoms with Gasteiger partial charge in [0.25, 0.3) is 5.91 Å². The van der Waals surface area contributed by atoms with E-state index in [1.165, 1.54) is 0 Å². The Balaban J connectivity index is 1.87. The van der Waals surface area contributed by atoms with E-state index in [4.69, 9.17) is 21.1 Å². The van der Waals surface area contributed by atoms with Crippen LogP contribution in [-0.4, -0.2) is 19.1 Å². The number of carbonyl (C=O) groups is 1. The number of benzene rings is 2. The predicted molar refractivity (Wildman–Crippen MR) is 91.1 cm³/mol. The monoisotopic (exact) mass is 333 g/mol. The van der Waals surface area contributed by atoms with Gasteiger partial charge in [-0.3, -0.25) is 4.79 Å². The molecule has 2 aromatic carbocycles. The third kappa shape index (κ3) is 4.89. The van der Waals surface area contributed by atoms with Crippen molar-refractivity contribution in [2.24, 2.45) is 0 Å². The Morgan fingerprint density at radius 2 is 1.83 bits per heavy atom. The van der Waals surface area contributed by atoms with Crippen molar-refractivity contribution in [3.05, 3.63) is 58.6 Å². The molecular weight excluding hydrogens is 314 g/mol. The number of amides is 1. The number of ether oxygens (including phenoxy) is 2. The van der Waals surface area contributed by atoms with Crippen LogP contribution in [0.2, 0.25) is 5.02 Å². The van der Waals surface area contributed by atoms with E-state index in [9.17, 15) is 4.79 Å². The highest BCUT2D eigenvalue weighted by atomic mass is 35.5. The lowest BCUT2D eigenvalue weighted by Crippen LogP contribution is -2.35. The van der Waals surface area contributed by atoms with Crippen molar-refractivity contribution in [3.63, 3.8) is 0 Å². The summed E-state index contributed by atoms with van der Waals surface area (Å²) < 4.78 is 10.7. The van der Waals surface area contributed by atoms with Gasteiger partial charge in [0.05, 0.1) is 7.11 Å². The van der Waals surface area contributed by atoms with Crippen LogP contribution >= 0.6 is 11.6 Å². The lowest BCUT2D eigenvalue weighted by Gasteiger charge is -2.15. The molecule has 0 aliphatic rings. The smallest absolute Gasteiger partial charge is 0.261 e. The Bertz CT molecular complexity index is 670. The first kappa shape index (κ1) is 17.2. The molecule has 23 heavy (non-hydrogen) atoms. The van der Waals surface area contributed by atoms with E-state index in [1.54, 1.807) is 26.2 Å². The van der Waals surface area contributed by atoms with Crippen LogP contribution in [0.5, 0.6) is 11.5 Å². The minimum Gasteiger partial charge on any atom is -0.497 e. The normalized spacial score (nSPS) is 11.7. The van der Waals surface area contributed by atoms with E-state index >= 15 is 0 Å². The number of nitrogens with one attached hydrogen (secondary N) is 1. The quantitative estimate of drug-likeness (QED) is 0.876. The van der Waals surface area contributed by atoms with E-state index in [-0.39, 0.29) is 5.91 Å². The highest BCUT2D eigenvalue weighted by Gasteiger charge is 2.14. The van der Waals surface area contributed by atoms with Crippen LogP contribution in [0.3, 0.4) is 0 Å². The zero-order valence-electron chi connectivity index (χ0n) is 13.4. The lowest BCUT2D eigenvalue weighted by molar-refractivity contribution is -0.127. The Hall–Kier alpha value is -2.20. The first-order valence-corrected chi connectivity index (χ1v) is 7.71. The fraction of sp³-hybridized carbons (Fsp3) is 0.278. The summed E-state index contributed by atoms with van der Waals surface area (Å²) in [6.45, 7) is 4.05. The first-order valence-electron chi connectivity index (χ1n) is 7.33. The summed E-state index contributed by atoms with van der Waals surface area (Å²) in [6, 6.07) is 12.9. The van der Waals surface area contributed by atoms with Gasteiger partial charge in [0.1, 0.15) is 11.5 Å². The number of halogens is 1. The van der Waals surface area contributed by atoms with Crippen LogP contribution in [0.25, 0.3) is 0 Å². The molecule has 0 unspecified atom stereocenters. The second-order valence-electron chi connectivity index (χ2n) is 5.24. The van der Waals surface area contributed by atoms with Crippen LogP contribution in [-0.2, 0) is 11.3 Å². The number of rotatable bonds is 6. The predicted octanol–water partition coefficient (Wildman–Crippen LogP) is 3.74. The summed E-state index contributed by atoms with van der Waals surface area (Å²) in [4.78, 5) is 12.1. The van der Waals surface area contributed by atoms with Gasteiger partial charge in [-0.1, -0.05) is 23.7 Å². The molecule has 0 saturated heterocycles. The van der Waals surface area contributed by atoms with Gasteiger partial charge in [-0.15, -0.1) is 0 Å². The Kier molecular flexibility index (Phi) is 5.88. The fourth-order valence-corrected chi connectivity index (χ4v) is 2.14. The molecule has 0 radical (unpaired) electrons. The molecule has 122 valence electrons. The van der Waals surface area contributed by atoms with Crippen molar-refractivity contribution < 1.29 is 14.3 Å². The summed E-state index contributed by atoms with van der Waals surface area (Å²) in [5.41, 5.74) is 1.91. The van der Waals surface area contributed by atoms with Crippen LogP contribution in [0, 0.1) is 6.92 Å². The van der Waals surface area contributed by atoms with Crippen molar-refractivity contribution in [3.8, 4) is 11.5 Å². The Labute approximate surface area is 141 Å². The lowest BCUT2D eigenvalue weighted by atomic mass is 10.2. The molecule has 4 nitrogen and oxygen atoms in total. The minimum absolute atomic E-state index is 0.173. The number of hydrogen-bond donors (Lipinski definition) is 1. The van der Waals surface area contributed by atoms with Crippen molar-refractivity contribution in [1.29, 1.82) is 0 Å². The molecule has 1 atom stereocenters. The van der Waals surface area contributed by atoms with Gasteiger partial charge in [-0.05, 0) is 55.3 Å². The zero-order valence-corrected chi connectivity index (χ0v) is 14.2. The van der Waals surface area contributed by atoms with Crippen molar-refractivity contribution in [1.82, 2.24) is 5.32 Å². The van der Waals surface area contributed by atoms with Gasteiger partial charge in [-0.25, -0.2) is 0 Å². The molecule has 0 fully saturated rings. The topological polar surface area (TPSA) is 47.6 Å². The van der Waals surface area contributed by atoms with Gasteiger partial charge in [0.2, 0.25) is 0 Å². The van der Waals surface area contributed by atoms with Gasteiger partial charge >= 0.3 is 0 Å². The number of aryl methyl sites for hydroxylation is 1. The molecule has 0 aliphatic heterocycles. The third-order valence-corrected chi connectivity index (χ3v) is 3.86. The van der Waals surface area contributed by atoms with Gasteiger partial charge in [0.15, 0.2) is 6.10 Å². The largest absolute Gasteiger partial charge is 0.497 e. The molecule has 0 aromatic heterocycles. The summed E-state index contributed by atoms with van der Waals surface area (Å²) in [5, 5.41) is 3.53. The molecule has 5 heteroatoms. The van der Waals surface area contributed by atoms with E-state index in [2.05, 4.69) is 5.32 Å². The molecule has 0 saturated carbocycles. The summed E-state index contributed by atoms with van der Waals surface area (Å²) in [6.07, 6.45) is -0.589. The van der Waals surface area contributed by atoms with Gasteiger partial charge in [0, 0.05) is 11.6 Å². The van der Waals surface area contributed by atoms with E-state index in [1.807, 2.05) is 37.3 Å². The maximum absolute atomic E-state index is 12.1. The highest BCUT2D eigenvalue weighted by molar-refractivity contribution is 6.31. The fourth-order valence-electron chi connectivity index (χ4n) is 2.02. The second-order valence-corrected chi connectivity index (χ2v) is 5.64. The average Bonchev–Trinajstić information content (AvgIpc) is 2.56. The number of hydrogen-bond acceptors (Lipinski definition) is 3. The highest BCUT2D eigenvalue weighted by Crippen LogP contribution is 2.21. The molecule has 0 bridgehead atoms. The molecule has 0 heterocycles. The van der Waals surface area contributed by atoms with Crippen LogP contribution < -0.4 is 14.8 Å². The molecule has 2 rings (SSSR count). The van der Waals surface area contributed by atoms with Crippen LogP contribution in [0.4, 0.5) is 0 Å². The second kappa shape index (κ2) is 7.88. The third-order valence-electron chi connectivity index (χ3n) is 3.44. The van der Waals surface area contributed by atoms with E-state index < -0.39 is 6.10 Å². The minimum atomic E-state index is -0.589. The molecule has 0 aliphatic carbocycles. The average molecular weight is 334 g/mol. The maximum Gasteiger partial charge on any atom is 0.261 e. The van der Waals surface area contributed by atoms with Crippen molar-refractivity contribution >= 4 is 17.5 Å². The zero-order chi connectivity index (χ0) is 16.8. The van der Waals surface area contributed by atoms with E-state index in [0.717, 1.165) is 16.9 Å². The standard InChI is InChI=1S/C18H20ClNO3/c1-12-10-16(8-9-17(12)19)23-13(2)18(21)20-11-14-4-6-15(22-3)7-5-14/h4-10,13H,11H2,1-3H3,(H,20,21)/t13-/m1/s1. The molecule has 2 aromatic rings. The van der Waals surface area contributed by atoms with Gasteiger partial charge < -0.3 is 14.8 Å². The number of methoxy groups -OCH3 is 1. The number of carbonyl (C=O) groups excluding carboxylic acids is 1. The van der Waals surface area contributed by atoms with Crippen molar-refractivity contribution in [2.75, 3.05) is 7.11 Å².